The number of rotatable bonds is 11. The highest BCUT2D eigenvalue weighted by Crippen LogP contribution is 2.22. The van der Waals surface area contributed by atoms with Crippen LogP contribution in [0, 0.1) is 0 Å². The summed E-state index contributed by atoms with van der Waals surface area (Å²) in [5.74, 6) is 0. The summed E-state index contributed by atoms with van der Waals surface area (Å²) in [4.78, 5) is 0. The molecule has 0 aromatic carbocycles. The van der Waals surface area contributed by atoms with Crippen molar-refractivity contribution in [1.29, 1.82) is 0 Å². The Hall–Kier alpha value is -0.0631. The van der Waals surface area contributed by atoms with Gasteiger partial charge in [-0.05, 0) is 27.2 Å². The number of methoxy groups -OCH3 is 3. The Balaban J connectivity index is 5.26. The fourth-order valence-corrected chi connectivity index (χ4v) is 4.30. The fourth-order valence-electron chi connectivity index (χ4n) is 1.43. The van der Waals surface area contributed by atoms with Crippen LogP contribution in [0.2, 0.25) is 0 Å². The first-order chi connectivity index (χ1) is 9.34. The molecule has 4 unspecified atom stereocenters. The molecule has 0 aliphatic rings. The highest BCUT2D eigenvalue weighted by Gasteiger charge is 2.51. The summed E-state index contributed by atoms with van der Waals surface area (Å²) in [6.45, 7) is 7.21. The molecule has 0 heterocycles. The fraction of sp³-hybridized carbons (Fsp3) is 1.00. The first-order valence-electron chi connectivity index (χ1n) is 6.72. The number of hydrogen-bond donors (Lipinski definition) is 1. The van der Waals surface area contributed by atoms with E-state index in [9.17, 15) is 0 Å². The van der Waals surface area contributed by atoms with Crippen LogP contribution in [0.3, 0.4) is 0 Å². The zero-order valence-corrected chi connectivity index (χ0v) is 14.5. The third-order valence-electron chi connectivity index (χ3n) is 2.88. The van der Waals surface area contributed by atoms with Crippen molar-refractivity contribution >= 4 is 8.80 Å². The van der Waals surface area contributed by atoms with Crippen LogP contribution < -0.4 is 5.73 Å². The van der Waals surface area contributed by atoms with E-state index >= 15 is 0 Å². The highest BCUT2D eigenvalue weighted by molar-refractivity contribution is 6.62. The molecule has 122 valence electrons. The van der Waals surface area contributed by atoms with Crippen LogP contribution in [-0.4, -0.2) is 54.7 Å². The molecule has 0 aromatic rings. The van der Waals surface area contributed by atoms with Crippen molar-refractivity contribution in [1.82, 2.24) is 0 Å². The van der Waals surface area contributed by atoms with Gasteiger partial charge in [0.1, 0.15) is 18.9 Å². The van der Waals surface area contributed by atoms with Crippen molar-refractivity contribution in [3.63, 3.8) is 0 Å². The van der Waals surface area contributed by atoms with Gasteiger partial charge in [-0.3, -0.25) is 0 Å². The first-order valence-corrected chi connectivity index (χ1v) is 8.52. The summed E-state index contributed by atoms with van der Waals surface area (Å²) in [7, 11) is 1.38. The normalized spacial score (nSPS) is 21.0. The lowest BCUT2D eigenvalue weighted by atomic mass is 10.5. The molecule has 0 aliphatic carbocycles. The van der Waals surface area contributed by atoms with Gasteiger partial charge in [0, 0.05) is 21.3 Å². The molecule has 7 nitrogen and oxygen atoms in total. The van der Waals surface area contributed by atoms with Crippen LogP contribution in [0.4, 0.5) is 0 Å². The molecule has 0 radical (unpaired) electrons. The van der Waals surface area contributed by atoms with Crippen LogP contribution in [0.1, 0.15) is 34.1 Å². The SMILES string of the molecule is CCC(N)[Si](OC(C)OC)(OC(C)OC)OC(C)OC. The van der Waals surface area contributed by atoms with Gasteiger partial charge in [0.05, 0.1) is 5.67 Å². The van der Waals surface area contributed by atoms with E-state index in [4.69, 9.17) is 33.2 Å². The molecule has 0 amide bonds. The summed E-state index contributed by atoms with van der Waals surface area (Å²) >= 11 is 0. The molecule has 0 rings (SSSR count). The van der Waals surface area contributed by atoms with Gasteiger partial charge in [0.15, 0.2) is 0 Å². The molecule has 0 fully saturated rings. The van der Waals surface area contributed by atoms with Crippen LogP contribution in [-0.2, 0) is 27.5 Å². The van der Waals surface area contributed by atoms with Crippen molar-refractivity contribution < 1.29 is 27.5 Å². The minimum Gasteiger partial charge on any atom is -0.357 e. The quantitative estimate of drug-likeness (QED) is 0.454. The van der Waals surface area contributed by atoms with Crippen molar-refractivity contribution in [2.75, 3.05) is 21.3 Å². The predicted molar refractivity (Wildman–Crippen MR) is 76.7 cm³/mol. The number of nitrogens with two attached hydrogens (primary N) is 1. The molecule has 0 spiro atoms. The Kier molecular flexibility index (Phi) is 9.77. The summed E-state index contributed by atoms with van der Waals surface area (Å²) in [6.07, 6.45) is -0.887. The Morgan fingerprint density at radius 1 is 0.800 bits per heavy atom. The summed E-state index contributed by atoms with van der Waals surface area (Å²) in [5, 5.41) is 0. The summed E-state index contributed by atoms with van der Waals surface area (Å²) < 4.78 is 33.1. The van der Waals surface area contributed by atoms with E-state index in [1.807, 2.05) is 6.92 Å². The Bertz CT molecular complexity index is 227. The highest BCUT2D eigenvalue weighted by atomic mass is 28.4. The second kappa shape index (κ2) is 9.80. The Labute approximate surface area is 123 Å². The van der Waals surface area contributed by atoms with E-state index in [2.05, 4.69) is 0 Å². The Morgan fingerprint density at radius 2 is 1.10 bits per heavy atom. The van der Waals surface area contributed by atoms with Gasteiger partial charge in [0.2, 0.25) is 0 Å². The maximum Gasteiger partial charge on any atom is 0.524 e. The molecule has 0 aromatic heterocycles. The first kappa shape index (κ1) is 19.9. The van der Waals surface area contributed by atoms with Gasteiger partial charge < -0.3 is 33.2 Å². The van der Waals surface area contributed by atoms with E-state index in [0.29, 0.717) is 6.42 Å². The second-order valence-corrected chi connectivity index (χ2v) is 7.04. The molecule has 20 heavy (non-hydrogen) atoms. The molecular formula is C12H29NO6Si. The number of hydrogen-bond acceptors (Lipinski definition) is 7. The van der Waals surface area contributed by atoms with Crippen molar-refractivity contribution in [2.24, 2.45) is 5.73 Å². The van der Waals surface area contributed by atoms with E-state index in [0.717, 1.165) is 0 Å². The zero-order chi connectivity index (χ0) is 15.8. The van der Waals surface area contributed by atoms with Gasteiger partial charge in [0.25, 0.3) is 0 Å². The van der Waals surface area contributed by atoms with Gasteiger partial charge in [-0.2, -0.15) is 0 Å². The largest absolute Gasteiger partial charge is 0.524 e. The summed E-state index contributed by atoms with van der Waals surface area (Å²) in [6, 6.07) is 0. The van der Waals surface area contributed by atoms with Crippen LogP contribution >= 0.6 is 0 Å². The molecule has 8 heteroatoms. The average Bonchev–Trinajstić information content (AvgIpc) is 2.45. The molecule has 4 atom stereocenters. The maximum absolute atomic E-state index is 6.18. The molecule has 0 saturated carbocycles. The van der Waals surface area contributed by atoms with E-state index in [1.165, 1.54) is 0 Å². The van der Waals surface area contributed by atoms with Crippen LogP contribution in [0.15, 0.2) is 0 Å². The standard InChI is InChI=1S/C12H29NO6Si/c1-8-12(13)20(17-9(2)14-5,18-10(3)15-6)19-11(4)16-7/h9-12H,8,13H2,1-7H3. The molecule has 2 N–H and O–H groups in total. The zero-order valence-electron chi connectivity index (χ0n) is 13.5. The smallest absolute Gasteiger partial charge is 0.357 e. The van der Waals surface area contributed by atoms with Gasteiger partial charge in [-0.1, -0.05) is 6.92 Å². The monoisotopic (exact) mass is 311 g/mol. The second-order valence-electron chi connectivity index (χ2n) is 4.38. The van der Waals surface area contributed by atoms with Gasteiger partial charge in [-0.25, -0.2) is 0 Å². The molecule has 0 saturated heterocycles. The lowest BCUT2D eigenvalue weighted by Crippen LogP contribution is -2.64. The third kappa shape index (κ3) is 6.14. The number of ether oxygens (including phenoxy) is 3. The predicted octanol–water partition coefficient (Wildman–Crippen LogP) is 1.23. The van der Waals surface area contributed by atoms with Crippen LogP contribution in [0.5, 0.6) is 0 Å². The lowest BCUT2D eigenvalue weighted by molar-refractivity contribution is -0.166. The topological polar surface area (TPSA) is 81.4 Å². The summed E-state index contributed by atoms with van der Waals surface area (Å²) in [5.41, 5.74) is 5.77. The minimum absolute atomic E-state index is 0.407. The molecular weight excluding hydrogens is 282 g/mol. The molecule has 0 bridgehead atoms. The average molecular weight is 311 g/mol. The lowest BCUT2D eigenvalue weighted by Gasteiger charge is -2.38. The van der Waals surface area contributed by atoms with Crippen molar-refractivity contribution in [3.8, 4) is 0 Å². The van der Waals surface area contributed by atoms with Crippen molar-refractivity contribution in [2.45, 2.75) is 58.7 Å². The van der Waals surface area contributed by atoms with Crippen molar-refractivity contribution in [3.05, 3.63) is 0 Å². The Morgan fingerprint density at radius 3 is 1.30 bits per heavy atom. The van der Waals surface area contributed by atoms with Crippen LogP contribution in [0.25, 0.3) is 0 Å². The van der Waals surface area contributed by atoms with Gasteiger partial charge in [-0.15, -0.1) is 0 Å². The van der Waals surface area contributed by atoms with E-state index < -0.39 is 33.3 Å². The van der Waals surface area contributed by atoms with E-state index in [-0.39, 0.29) is 0 Å². The minimum atomic E-state index is -3.25. The van der Waals surface area contributed by atoms with E-state index in [1.54, 1.807) is 42.1 Å². The third-order valence-corrected chi connectivity index (χ3v) is 6.18. The van der Waals surface area contributed by atoms with Gasteiger partial charge >= 0.3 is 8.80 Å². The molecule has 0 aliphatic heterocycles. The maximum atomic E-state index is 6.18.